The van der Waals surface area contributed by atoms with E-state index in [1.807, 2.05) is 37.3 Å². The molecule has 6 nitrogen and oxygen atoms in total. The lowest BCUT2D eigenvalue weighted by atomic mass is 10.1. The van der Waals surface area contributed by atoms with E-state index in [9.17, 15) is 4.79 Å². The number of ether oxygens (including phenoxy) is 1. The van der Waals surface area contributed by atoms with Gasteiger partial charge in [0.1, 0.15) is 17.1 Å². The number of benzene rings is 1. The first-order valence-electron chi connectivity index (χ1n) is 7.32. The summed E-state index contributed by atoms with van der Waals surface area (Å²) in [6.45, 7) is 1.81. The van der Waals surface area contributed by atoms with Gasteiger partial charge in [0.15, 0.2) is 0 Å². The smallest absolute Gasteiger partial charge is 0.413 e. The van der Waals surface area contributed by atoms with Crippen molar-refractivity contribution in [3.63, 3.8) is 0 Å². The first-order valence-corrected chi connectivity index (χ1v) is 7.70. The van der Waals surface area contributed by atoms with Crippen LogP contribution in [0.5, 0.6) is 0 Å². The van der Waals surface area contributed by atoms with Crippen LogP contribution in [-0.4, -0.2) is 20.9 Å². The van der Waals surface area contributed by atoms with E-state index in [0.29, 0.717) is 16.7 Å². The second-order valence-electron chi connectivity index (χ2n) is 5.05. The second-order valence-corrected chi connectivity index (χ2v) is 5.44. The monoisotopic (exact) mass is 342 g/mol. The summed E-state index contributed by atoms with van der Waals surface area (Å²) in [5, 5.41) is 7.24. The second kappa shape index (κ2) is 7.14. The molecule has 0 fully saturated rings. The number of aromatic nitrogens is 3. The van der Waals surface area contributed by atoms with Crippen molar-refractivity contribution in [1.29, 1.82) is 0 Å². The van der Waals surface area contributed by atoms with Crippen LogP contribution >= 0.6 is 11.6 Å². The number of carbonyl (C=O) groups is 1. The molecule has 0 saturated heterocycles. The Morgan fingerprint density at radius 2 is 2.00 bits per heavy atom. The van der Waals surface area contributed by atoms with Gasteiger partial charge in [0.05, 0.1) is 18.1 Å². The van der Waals surface area contributed by atoms with E-state index in [0.717, 1.165) is 5.56 Å². The number of nitrogens with zero attached hydrogens (tertiary/aromatic N) is 3. The van der Waals surface area contributed by atoms with Crippen molar-refractivity contribution in [1.82, 2.24) is 14.8 Å². The van der Waals surface area contributed by atoms with Gasteiger partial charge in [0.25, 0.3) is 0 Å². The van der Waals surface area contributed by atoms with Crippen molar-refractivity contribution >= 4 is 23.5 Å². The van der Waals surface area contributed by atoms with Gasteiger partial charge in [-0.1, -0.05) is 41.9 Å². The number of pyridine rings is 1. The Morgan fingerprint density at radius 3 is 2.71 bits per heavy atom. The minimum atomic E-state index is -0.560. The third-order valence-corrected chi connectivity index (χ3v) is 3.61. The number of carbonyl (C=O) groups excluding carboxylic acids is 1. The largest absolute Gasteiger partial charge is 0.441 e. The molecule has 1 amide bonds. The SMILES string of the molecule is C[C@@H](OC(=O)Nc1ccnn1-c1ccc(Cl)nc1)c1ccccc1. The van der Waals surface area contributed by atoms with Crippen LogP contribution in [-0.2, 0) is 4.74 Å². The van der Waals surface area contributed by atoms with E-state index < -0.39 is 6.09 Å². The van der Waals surface area contributed by atoms with Gasteiger partial charge in [-0.15, -0.1) is 0 Å². The molecule has 24 heavy (non-hydrogen) atoms. The minimum Gasteiger partial charge on any atom is -0.441 e. The van der Waals surface area contributed by atoms with Crippen molar-refractivity contribution < 1.29 is 9.53 Å². The summed E-state index contributed by atoms with van der Waals surface area (Å²) >= 11 is 5.78. The number of amides is 1. The van der Waals surface area contributed by atoms with Crippen molar-refractivity contribution in [2.24, 2.45) is 0 Å². The van der Waals surface area contributed by atoms with Crippen molar-refractivity contribution in [2.75, 3.05) is 5.32 Å². The average Bonchev–Trinajstić information content (AvgIpc) is 3.04. The van der Waals surface area contributed by atoms with Crippen LogP contribution in [0.25, 0.3) is 5.69 Å². The lowest BCUT2D eigenvalue weighted by Gasteiger charge is -2.14. The van der Waals surface area contributed by atoms with Crippen LogP contribution < -0.4 is 5.32 Å². The van der Waals surface area contributed by atoms with Gasteiger partial charge >= 0.3 is 6.09 Å². The highest BCUT2D eigenvalue weighted by Crippen LogP contribution is 2.19. The topological polar surface area (TPSA) is 69.0 Å². The molecule has 3 rings (SSSR count). The van der Waals surface area contributed by atoms with Crippen molar-refractivity contribution in [3.8, 4) is 5.69 Å². The number of nitrogens with one attached hydrogen (secondary N) is 1. The molecule has 0 spiro atoms. The van der Waals surface area contributed by atoms with E-state index in [4.69, 9.17) is 16.3 Å². The molecule has 0 saturated carbocycles. The Morgan fingerprint density at radius 1 is 1.21 bits per heavy atom. The highest BCUT2D eigenvalue weighted by atomic mass is 35.5. The maximum absolute atomic E-state index is 12.1. The predicted molar refractivity (Wildman–Crippen MR) is 91.3 cm³/mol. The first kappa shape index (κ1) is 16.0. The quantitative estimate of drug-likeness (QED) is 0.720. The van der Waals surface area contributed by atoms with E-state index in [1.54, 1.807) is 30.6 Å². The van der Waals surface area contributed by atoms with Crippen LogP contribution in [0.4, 0.5) is 10.6 Å². The number of anilines is 1. The maximum Gasteiger partial charge on any atom is 0.413 e. The van der Waals surface area contributed by atoms with E-state index in [2.05, 4.69) is 15.4 Å². The summed E-state index contributed by atoms with van der Waals surface area (Å²) < 4.78 is 6.93. The molecular formula is C17H15ClN4O2. The van der Waals surface area contributed by atoms with Gasteiger partial charge in [-0.2, -0.15) is 5.10 Å². The van der Waals surface area contributed by atoms with Crippen LogP contribution in [0.2, 0.25) is 5.15 Å². The lowest BCUT2D eigenvalue weighted by Crippen LogP contribution is -2.18. The first-order chi connectivity index (χ1) is 11.6. The molecule has 0 unspecified atom stereocenters. The molecule has 0 bridgehead atoms. The van der Waals surface area contributed by atoms with Crippen LogP contribution in [0.1, 0.15) is 18.6 Å². The molecule has 7 heteroatoms. The van der Waals surface area contributed by atoms with E-state index in [-0.39, 0.29) is 6.10 Å². The van der Waals surface area contributed by atoms with E-state index >= 15 is 0 Å². The van der Waals surface area contributed by atoms with Gasteiger partial charge in [-0.05, 0) is 24.6 Å². The van der Waals surface area contributed by atoms with Gasteiger partial charge in [0.2, 0.25) is 0 Å². The predicted octanol–water partition coefficient (Wildman–Crippen LogP) is 4.23. The van der Waals surface area contributed by atoms with Gasteiger partial charge in [-0.25, -0.2) is 14.5 Å². The third-order valence-electron chi connectivity index (χ3n) is 3.38. The van der Waals surface area contributed by atoms with Gasteiger partial charge in [0, 0.05) is 6.07 Å². The highest BCUT2D eigenvalue weighted by molar-refractivity contribution is 6.29. The fourth-order valence-electron chi connectivity index (χ4n) is 2.18. The van der Waals surface area contributed by atoms with Crippen molar-refractivity contribution in [3.05, 3.63) is 71.6 Å². The van der Waals surface area contributed by atoms with Gasteiger partial charge < -0.3 is 4.74 Å². The summed E-state index contributed by atoms with van der Waals surface area (Å²) in [6, 6.07) is 14.6. The zero-order chi connectivity index (χ0) is 16.9. The molecule has 0 aliphatic carbocycles. The van der Waals surface area contributed by atoms with Crippen molar-refractivity contribution in [2.45, 2.75) is 13.0 Å². The van der Waals surface area contributed by atoms with Gasteiger partial charge in [-0.3, -0.25) is 5.32 Å². The molecule has 0 aliphatic heterocycles. The third kappa shape index (κ3) is 3.72. The molecule has 0 aliphatic rings. The number of halogens is 1. The molecule has 1 N–H and O–H groups in total. The Kier molecular flexibility index (Phi) is 4.77. The highest BCUT2D eigenvalue weighted by Gasteiger charge is 2.14. The molecule has 2 heterocycles. The van der Waals surface area contributed by atoms with E-state index in [1.165, 1.54) is 4.68 Å². The lowest BCUT2D eigenvalue weighted by molar-refractivity contribution is 0.121. The molecule has 2 aromatic heterocycles. The summed E-state index contributed by atoms with van der Waals surface area (Å²) in [6.07, 6.45) is 2.22. The maximum atomic E-state index is 12.1. The number of hydrogen-bond acceptors (Lipinski definition) is 4. The van der Waals surface area contributed by atoms with Crippen LogP contribution in [0, 0.1) is 0 Å². The zero-order valence-corrected chi connectivity index (χ0v) is 13.6. The number of hydrogen-bond donors (Lipinski definition) is 1. The van der Waals surface area contributed by atoms with Crippen LogP contribution in [0.15, 0.2) is 60.9 Å². The molecule has 1 atom stereocenters. The zero-order valence-electron chi connectivity index (χ0n) is 12.9. The van der Waals surface area contributed by atoms with Crippen LogP contribution in [0.3, 0.4) is 0 Å². The summed E-state index contributed by atoms with van der Waals surface area (Å²) in [7, 11) is 0. The Labute approximate surface area is 144 Å². The molecule has 122 valence electrons. The standard InChI is InChI=1S/C17H15ClN4O2/c1-12(13-5-3-2-4-6-13)24-17(23)21-16-9-10-20-22(16)14-7-8-15(18)19-11-14/h2-12H,1H3,(H,21,23)/t12-/m1/s1. The Hall–Kier alpha value is -2.86. The Balaban J connectivity index is 1.69. The minimum absolute atomic E-state index is 0.361. The number of rotatable bonds is 4. The molecule has 3 aromatic rings. The molecular weight excluding hydrogens is 328 g/mol. The summed E-state index contributed by atoms with van der Waals surface area (Å²) in [5.41, 5.74) is 1.60. The fraction of sp³-hybridized carbons (Fsp3) is 0.118. The molecule has 1 aromatic carbocycles. The summed E-state index contributed by atoms with van der Waals surface area (Å²) in [5.74, 6) is 0.476. The average molecular weight is 343 g/mol. The normalized spacial score (nSPS) is 11.8. The Bertz CT molecular complexity index is 818. The fourth-order valence-corrected chi connectivity index (χ4v) is 2.30. The summed E-state index contributed by atoms with van der Waals surface area (Å²) in [4.78, 5) is 16.1. The molecule has 0 radical (unpaired) electrons.